The van der Waals surface area contributed by atoms with Crippen molar-refractivity contribution in [2.75, 3.05) is 43.4 Å². The summed E-state index contributed by atoms with van der Waals surface area (Å²) < 4.78 is 2.02. The molecular formula is C22H23N7. The molecule has 1 aliphatic heterocycles. The zero-order valence-corrected chi connectivity index (χ0v) is 16.4. The first-order valence-electron chi connectivity index (χ1n) is 9.81. The highest BCUT2D eigenvalue weighted by Crippen LogP contribution is 2.24. The van der Waals surface area contributed by atoms with Crippen LogP contribution in [0.15, 0.2) is 67.3 Å². The first-order valence-corrected chi connectivity index (χ1v) is 9.81. The number of anilines is 3. The number of fused-ring (bicyclic) bond motifs is 1. The number of aromatic nitrogens is 4. The molecule has 7 heteroatoms. The van der Waals surface area contributed by atoms with E-state index in [1.165, 1.54) is 5.69 Å². The molecule has 4 heterocycles. The molecule has 0 amide bonds. The largest absolute Gasteiger partial charge is 0.369 e. The van der Waals surface area contributed by atoms with Crippen LogP contribution in [0.25, 0.3) is 16.7 Å². The van der Waals surface area contributed by atoms with Gasteiger partial charge in [0.15, 0.2) is 0 Å². The second-order valence-electron chi connectivity index (χ2n) is 7.34. The minimum Gasteiger partial charge on any atom is -0.369 e. The Morgan fingerprint density at radius 1 is 0.931 bits per heavy atom. The molecular weight excluding hydrogens is 362 g/mol. The number of hydrogen-bond acceptors (Lipinski definition) is 6. The van der Waals surface area contributed by atoms with Gasteiger partial charge in [0.25, 0.3) is 0 Å². The zero-order valence-electron chi connectivity index (χ0n) is 16.4. The number of likely N-dealkylation sites (N-methyl/N-ethyl adjacent to an activating group) is 1. The van der Waals surface area contributed by atoms with Gasteiger partial charge in [0.05, 0.1) is 11.9 Å². The summed E-state index contributed by atoms with van der Waals surface area (Å²) in [6.45, 7) is 4.26. The van der Waals surface area contributed by atoms with E-state index in [1.807, 2.05) is 47.4 Å². The summed E-state index contributed by atoms with van der Waals surface area (Å²) in [7, 11) is 2.17. The van der Waals surface area contributed by atoms with E-state index in [1.54, 1.807) is 6.20 Å². The van der Waals surface area contributed by atoms with Gasteiger partial charge in [0.1, 0.15) is 5.65 Å². The first-order chi connectivity index (χ1) is 14.3. The van der Waals surface area contributed by atoms with Crippen molar-refractivity contribution in [1.82, 2.24) is 24.4 Å². The molecule has 1 aromatic carbocycles. The van der Waals surface area contributed by atoms with Crippen LogP contribution in [0.3, 0.4) is 0 Å². The van der Waals surface area contributed by atoms with Gasteiger partial charge in [-0.05, 0) is 43.4 Å². The minimum atomic E-state index is 0.580. The average Bonchev–Trinajstić information content (AvgIpc) is 3.18. The second-order valence-corrected chi connectivity index (χ2v) is 7.34. The number of nitrogens with one attached hydrogen (secondary N) is 1. The quantitative estimate of drug-likeness (QED) is 0.582. The first kappa shape index (κ1) is 17.6. The Morgan fingerprint density at radius 3 is 2.62 bits per heavy atom. The molecule has 0 bridgehead atoms. The van der Waals surface area contributed by atoms with Crippen molar-refractivity contribution >= 4 is 28.4 Å². The number of benzene rings is 1. The van der Waals surface area contributed by atoms with E-state index in [0.29, 0.717) is 5.95 Å². The lowest BCUT2D eigenvalue weighted by Crippen LogP contribution is -2.44. The molecule has 0 aliphatic carbocycles. The second kappa shape index (κ2) is 7.52. The Kier molecular flexibility index (Phi) is 4.57. The van der Waals surface area contributed by atoms with Gasteiger partial charge in [-0.25, -0.2) is 4.98 Å². The van der Waals surface area contributed by atoms with Gasteiger partial charge in [-0.2, -0.15) is 4.98 Å². The molecule has 5 rings (SSSR count). The van der Waals surface area contributed by atoms with Crippen molar-refractivity contribution in [3.63, 3.8) is 0 Å². The maximum Gasteiger partial charge on any atom is 0.229 e. The molecule has 1 saturated heterocycles. The van der Waals surface area contributed by atoms with E-state index >= 15 is 0 Å². The molecule has 0 atom stereocenters. The van der Waals surface area contributed by atoms with Crippen molar-refractivity contribution in [3.05, 3.63) is 67.3 Å². The van der Waals surface area contributed by atoms with Gasteiger partial charge in [-0.15, -0.1) is 0 Å². The van der Waals surface area contributed by atoms with Gasteiger partial charge >= 0.3 is 0 Å². The summed E-state index contributed by atoms with van der Waals surface area (Å²) in [5, 5.41) is 4.36. The van der Waals surface area contributed by atoms with Crippen molar-refractivity contribution in [1.29, 1.82) is 0 Å². The van der Waals surface area contributed by atoms with Gasteiger partial charge in [0, 0.05) is 61.5 Å². The Bertz CT molecular complexity index is 1110. The van der Waals surface area contributed by atoms with E-state index < -0.39 is 0 Å². The van der Waals surface area contributed by atoms with Gasteiger partial charge in [-0.3, -0.25) is 9.55 Å². The molecule has 4 aromatic rings. The number of rotatable bonds is 4. The number of piperazine rings is 1. The molecule has 1 fully saturated rings. The third-order valence-corrected chi connectivity index (χ3v) is 5.32. The van der Waals surface area contributed by atoms with Crippen LogP contribution in [0.5, 0.6) is 0 Å². The summed E-state index contributed by atoms with van der Waals surface area (Å²) in [6, 6.07) is 14.4. The molecule has 146 valence electrons. The molecule has 3 aromatic heterocycles. The SMILES string of the molecule is CN1CCN(c2cccc(Nc3ncc4ccn(-c5cccnc5)c4n3)c2)CC1. The third kappa shape index (κ3) is 3.64. The highest BCUT2D eigenvalue weighted by Gasteiger charge is 2.14. The van der Waals surface area contributed by atoms with Crippen LogP contribution in [-0.4, -0.2) is 57.6 Å². The Hall–Kier alpha value is -3.45. The standard InChI is InChI=1S/C22H23N7/c1-27-10-12-28(13-11-27)19-5-2-4-18(14-19)25-22-24-15-17-7-9-29(21(17)26-22)20-6-3-8-23-16-20/h2-9,14-16H,10-13H2,1H3,(H,24,25,26). The van der Waals surface area contributed by atoms with E-state index in [0.717, 1.165) is 48.6 Å². The van der Waals surface area contributed by atoms with Crippen LogP contribution in [0.4, 0.5) is 17.3 Å². The third-order valence-electron chi connectivity index (χ3n) is 5.32. The van der Waals surface area contributed by atoms with Crippen molar-refractivity contribution in [3.8, 4) is 5.69 Å². The lowest BCUT2D eigenvalue weighted by atomic mass is 10.2. The number of hydrogen-bond donors (Lipinski definition) is 1. The molecule has 1 N–H and O–H groups in total. The fourth-order valence-corrected chi connectivity index (χ4v) is 3.66. The minimum absolute atomic E-state index is 0.580. The van der Waals surface area contributed by atoms with Crippen LogP contribution in [-0.2, 0) is 0 Å². The lowest BCUT2D eigenvalue weighted by molar-refractivity contribution is 0.313. The molecule has 7 nitrogen and oxygen atoms in total. The van der Waals surface area contributed by atoms with Crippen LogP contribution >= 0.6 is 0 Å². The van der Waals surface area contributed by atoms with Crippen LogP contribution in [0, 0.1) is 0 Å². The highest BCUT2D eigenvalue weighted by atomic mass is 15.2. The van der Waals surface area contributed by atoms with E-state index in [4.69, 9.17) is 4.98 Å². The Balaban J connectivity index is 1.41. The summed E-state index contributed by atoms with van der Waals surface area (Å²) in [4.78, 5) is 18.2. The zero-order chi connectivity index (χ0) is 19.6. The van der Waals surface area contributed by atoms with Crippen LogP contribution in [0.2, 0.25) is 0 Å². The van der Waals surface area contributed by atoms with Crippen molar-refractivity contribution in [2.24, 2.45) is 0 Å². The monoisotopic (exact) mass is 385 g/mol. The maximum absolute atomic E-state index is 4.75. The highest BCUT2D eigenvalue weighted by molar-refractivity contribution is 5.78. The number of nitrogens with zero attached hydrogens (tertiary/aromatic N) is 6. The van der Waals surface area contributed by atoms with Crippen LogP contribution in [0.1, 0.15) is 0 Å². The molecule has 0 saturated carbocycles. The molecule has 0 radical (unpaired) electrons. The molecule has 0 unspecified atom stereocenters. The van der Waals surface area contributed by atoms with Gasteiger partial charge in [-0.1, -0.05) is 6.07 Å². The predicted molar refractivity (Wildman–Crippen MR) is 116 cm³/mol. The Labute approximate surface area is 169 Å². The van der Waals surface area contributed by atoms with E-state index in [-0.39, 0.29) is 0 Å². The molecule has 29 heavy (non-hydrogen) atoms. The topological polar surface area (TPSA) is 62.1 Å². The normalized spacial score (nSPS) is 15.0. The fourth-order valence-electron chi connectivity index (χ4n) is 3.66. The average molecular weight is 385 g/mol. The molecule has 1 aliphatic rings. The molecule has 0 spiro atoms. The van der Waals surface area contributed by atoms with E-state index in [2.05, 4.69) is 50.3 Å². The van der Waals surface area contributed by atoms with Crippen molar-refractivity contribution < 1.29 is 0 Å². The lowest BCUT2D eigenvalue weighted by Gasteiger charge is -2.34. The Morgan fingerprint density at radius 2 is 1.79 bits per heavy atom. The summed E-state index contributed by atoms with van der Waals surface area (Å²) >= 11 is 0. The predicted octanol–water partition coefficient (Wildman–Crippen LogP) is 3.31. The van der Waals surface area contributed by atoms with Crippen molar-refractivity contribution in [2.45, 2.75) is 0 Å². The van der Waals surface area contributed by atoms with Gasteiger partial charge < -0.3 is 15.1 Å². The summed E-state index contributed by atoms with van der Waals surface area (Å²) in [5.41, 5.74) is 4.04. The fraction of sp³-hybridized carbons (Fsp3) is 0.227. The summed E-state index contributed by atoms with van der Waals surface area (Å²) in [6.07, 6.45) is 7.44. The maximum atomic E-state index is 4.75. The number of pyridine rings is 1. The summed E-state index contributed by atoms with van der Waals surface area (Å²) in [5.74, 6) is 0.580. The smallest absolute Gasteiger partial charge is 0.229 e. The van der Waals surface area contributed by atoms with Crippen LogP contribution < -0.4 is 10.2 Å². The van der Waals surface area contributed by atoms with Gasteiger partial charge in [0.2, 0.25) is 5.95 Å². The van der Waals surface area contributed by atoms with E-state index in [9.17, 15) is 0 Å².